The number of pyridine rings is 1. The highest BCUT2D eigenvalue weighted by Crippen LogP contribution is 2.26. The van der Waals surface area contributed by atoms with E-state index in [0.29, 0.717) is 0 Å². The zero-order valence-electron chi connectivity index (χ0n) is 12.6. The fourth-order valence-electron chi connectivity index (χ4n) is 2.43. The molecule has 112 valence electrons. The second-order valence-electron chi connectivity index (χ2n) is 5.29. The van der Waals surface area contributed by atoms with Crippen molar-refractivity contribution in [2.45, 2.75) is 32.9 Å². The number of nitrogens with two attached hydrogens (primary N) is 1. The molecule has 2 aromatic rings. The minimum Gasteiger partial charge on any atom is -0.366 e. The normalized spacial score (nSPS) is 12.2. The molecule has 2 rings (SSSR count). The lowest BCUT2D eigenvalue weighted by atomic mass is 10.0. The highest BCUT2D eigenvalue weighted by atomic mass is 35.5. The Hall–Kier alpha value is -1.58. The zero-order valence-corrected chi connectivity index (χ0v) is 13.3. The van der Waals surface area contributed by atoms with Gasteiger partial charge in [-0.3, -0.25) is 4.98 Å². The summed E-state index contributed by atoms with van der Waals surface area (Å²) >= 11 is 6.14. The van der Waals surface area contributed by atoms with Crippen LogP contribution in [0.25, 0.3) is 0 Å². The topological polar surface area (TPSA) is 42.2 Å². The molecule has 0 spiro atoms. The smallest absolute Gasteiger partial charge is 0.0601 e. The number of nitrogens with zero attached hydrogens (tertiary/aromatic N) is 2. The van der Waals surface area contributed by atoms with Crippen molar-refractivity contribution in [3.05, 3.63) is 58.9 Å². The lowest BCUT2D eigenvalue weighted by Gasteiger charge is -2.26. The summed E-state index contributed by atoms with van der Waals surface area (Å²) in [7, 11) is 0. The molecule has 1 aromatic carbocycles. The summed E-state index contributed by atoms with van der Waals surface area (Å²) < 4.78 is 0. The van der Waals surface area contributed by atoms with Crippen LogP contribution in [0.2, 0.25) is 5.02 Å². The van der Waals surface area contributed by atoms with Crippen molar-refractivity contribution in [3.8, 4) is 0 Å². The Labute approximate surface area is 131 Å². The largest absolute Gasteiger partial charge is 0.366 e. The fraction of sp³-hybridized carbons (Fsp3) is 0.353. The minimum absolute atomic E-state index is 0.107. The monoisotopic (exact) mass is 303 g/mol. The van der Waals surface area contributed by atoms with E-state index in [-0.39, 0.29) is 6.04 Å². The van der Waals surface area contributed by atoms with Crippen LogP contribution in [0.15, 0.2) is 42.6 Å². The maximum atomic E-state index is 6.14. The Morgan fingerprint density at radius 1 is 1.29 bits per heavy atom. The SMILES string of the molecule is CCN(Cc1ccccn1)c1ccc(Cl)cc1CC(C)N. The second kappa shape index (κ2) is 7.43. The van der Waals surface area contributed by atoms with Gasteiger partial charge >= 0.3 is 0 Å². The van der Waals surface area contributed by atoms with Crippen LogP contribution in [0, 0.1) is 0 Å². The Morgan fingerprint density at radius 3 is 2.71 bits per heavy atom. The quantitative estimate of drug-likeness (QED) is 0.885. The van der Waals surface area contributed by atoms with Crippen molar-refractivity contribution >= 4 is 17.3 Å². The summed E-state index contributed by atoms with van der Waals surface area (Å²) in [6, 6.07) is 12.1. The number of hydrogen-bond donors (Lipinski definition) is 1. The van der Waals surface area contributed by atoms with Gasteiger partial charge in [-0.2, -0.15) is 0 Å². The van der Waals surface area contributed by atoms with Crippen LogP contribution < -0.4 is 10.6 Å². The number of rotatable bonds is 6. The molecule has 4 heteroatoms. The lowest BCUT2D eigenvalue weighted by Crippen LogP contribution is -2.26. The van der Waals surface area contributed by atoms with Gasteiger partial charge in [0.2, 0.25) is 0 Å². The van der Waals surface area contributed by atoms with E-state index >= 15 is 0 Å². The van der Waals surface area contributed by atoms with E-state index in [0.717, 1.165) is 30.2 Å². The molecule has 1 atom stereocenters. The fourth-order valence-corrected chi connectivity index (χ4v) is 2.62. The van der Waals surface area contributed by atoms with Gasteiger partial charge in [0.15, 0.2) is 0 Å². The average Bonchev–Trinajstić information content (AvgIpc) is 2.46. The number of anilines is 1. The lowest BCUT2D eigenvalue weighted by molar-refractivity contribution is 0.727. The van der Waals surface area contributed by atoms with Crippen LogP contribution in [0.3, 0.4) is 0 Å². The molecular formula is C17H22ClN3. The predicted octanol–water partition coefficient (Wildman–Crippen LogP) is 3.65. The third-order valence-corrected chi connectivity index (χ3v) is 3.62. The van der Waals surface area contributed by atoms with Gasteiger partial charge < -0.3 is 10.6 Å². The van der Waals surface area contributed by atoms with E-state index in [2.05, 4.69) is 22.9 Å². The van der Waals surface area contributed by atoms with Crippen molar-refractivity contribution in [1.29, 1.82) is 0 Å². The van der Waals surface area contributed by atoms with Crippen LogP contribution in [0.4, 0.5) is 5.69 Å². The molecule has 1 unspecified atom stereocenters. The van der Waals surface area contributed by atoms with Gasteiger partial charge in [-0.05, 0) is 56.2 Å². The first kappa shape index (κ1) is 15.8. The highest BCUT2D eigenvalue weighted by Gasteiger charge is 2.12. The summed E-state index contributed by atoms with van der Waals surface area (Å²) in [5, 5.41) is 0.753. The van der Waals surface area contributed by atoms with Gasteiger partial charge in [-0.1, -0.05) is 17.7 Å². The van der Waals surface area contributed by atoms with Crippen molar-refractivity contribution < 1.29 is 0 Å². The molecule has 0 amide bonds. The maximum absolute atomic E-state index is 6.14. The van der Waals surface area contributed by atoms with Crippen molar-refractivity contribution in [2.24, 2.45) is 5.73 Å². The van der Waals surface area contributed by atoms with E-state index in [1.165, 1.54) is 11.3 Å². The van der Waals surface area contributed by atoms with Gasteiger partial charge in [0, 0.05) is 29.5 Å². The molecular weight excluding hydrogens is 282 g/mol. The van der Waals surface area contributed by atoms with Gasteiger partial charge in [-0.25, -0.2) is 0 Å². The maximum Gasteiger partial charge on any atom is 0.0601 e. The van der Waals surface area contributed by atoms with Crippen LogP contribution in [0.5, 0.6) is 0 Å². The molecule has 0 fully saturated rings. The molecule has 3 nitrogen and oxygen atoms in total. The molecule has 0 aliphatic rings. The molecule has 1 aromatic heterocycles. The summed E-state index contributed by atoms with van der Waals surface area (Å²) in [4.78, 5) is 6.71. The first-order chi connectivity index (χ1) is 10.1. The molecule has 0 saturated carbocycles. The van der Waals surface area contributed by atoms with Gasteiger partial charge in [0.05, 0.1) is 12.2 Å². The molecule has 0 bridgehead atoms. The van der Waals surface area contributed by atoms with Crippen LogP contribution in [0.1, 0.15) is 25.1 Å². The van der Waals surface area contributed by atoms with E-state index in [1.807, 2.05) is 43.5 Å². The Bertz CT molecular complexity index is 570. The van der Waals surface area contributed by atoms with Crippen molar-refractivity contribution in [3.63, 3.8) is 0 Å². The second-order valence-corrected chi connectivity index (χ2v) is 5.73. The molecule has 1 heterocycles. The van der Waals surface area contributed by atoms with Crippen LogP contribution in [-0.4, -0.2) is 17.6 Å². The average molecular weight is 304 g/mol. The summed E-state index contributed by atoms with van der Waals surface area (Å²) in [5.41, 5.74) is 9.40. The number of aromatic nitrogens is 1. The first-order valence-electron chi connectivity index (χ1n) is 7.29. The minimum atomic E-state index is 0.107. The summed E-state index contributed by atoms with van der Waals surface area (Å²) in [5.74, 6) is 0. The van der Waals surface area contributed by atoms with E-state index in [4.69, 9.17) is 17.3 Å². The zero-order chi connectivity index (χ0) is 15.2. The van der Waals surface area contributed by atoms with Gasteiger partial charge in [0.25, 0.3) is 0 Å². The molecule has 0 saturated heterocycles. The Balaban J connectivity index is 2.28. The standard InChI is InChI=1S/C17H22ClN3/c1-3-21(12-16-6-4-5-9-20-16)17-8-7-15(18)11-14(17)10-13(2)19/h4-9,11,13H,3,10,12,19H2,1-2H3. The molecule has 0 aliphatic heterocycles. The summed E-state index contributed by atoms with van der Waals surface area (Å²) in [6.45, 7) is 5.85. The van der Waals surface area contributed by atoms with E-state index in [9.17, 15) is 0 Å². The predicted molar refractivity (Wildman–Crippen MR) is 89.8 cm³/mol. The number of hydrogen-bond acceptors (Lipinski definition) is 3. The Morgan fingerprint density at radius 2 is 2.10 bits per heavy atom. The Kier molecular flexibility index (Phi) is 5.59. The highest BCUT2D eigenvalue weighted by molar-refractivity contribution is 6.30. The van der Waals surface area contributed by atoms with Crippen molar-refractivity contribution in [1.82, 2.24) is 4.98 Å². The molecule has 21 heavy (non-hydrogen) atoms. The number of benzene rings is 1. The summed E-state index contributed by atoms with van der Waals surface area (Å²) in [6.07, 6.45) is 2.64. The number of halogens is 1. The van der Waals surface area contributed by atoms with Gasteiger partial charge in [0.1, 0.15) is 0 Å². The first-order valence-corrected chi connectivity index (χ1v) is 7.66. The van der Waals surface area contributed by atoms with Crippen molar-refractivity contribution in [2.75, 3.05) is 11.4 Å². The molecule has 0 radical (unpaired) electrons. The van der Waals surface area contributed by atoms with E-state index in [1.54, 1.807) is 0 Å². The van der Waals surface area contributed by atoms with E-state index < -0.39 is 0 Å². The third kappa shape index (κ3) is 4.45. The molecule has 0 aliphatic carbocycles. The van der Waals surface area contributed by atoms with Crippen LogP contribution >= 0.6 is 11.6 Å². The van der Waals surface area contributed by atoms with Gasteiger partial charge in [-0.15, -0.1) is 0 Å². The third-order valence-electron chi connectivity index (χ3n) is 3.38. The molecule has 2 N–H and O–H groups in total. The van der Waals surface area contributed by atoms with Crippen LogP contribution in [-0.2, 0) is 13.0 Å².